The average Bonchev–Trinajstić information content (AvgIpc) is 2.33. The van der Waals surface area contributed by atoms with Crippen molar-refractivity contribution in [1.29, 1.82) is 0 Å². The van der Waals surface area contributed by atoms with Crippen LogP contribution in [0.4, 0.5) is 10.2 Å². The molecule has 0 saturated heterocycles. The number of aryl methyl sites for hydroxylation is 1. The second-order valence-electron chi connectivity index (χ2n) is 3.64. The number of hydrogen-bond donors (Lipinski definition) is 2. The minimum atomic E-state index is -0.439. The zero-order chi connectivity index (χ0) is 12.3. The maximum Gasteiger partial charge on any atom is 0.186 e. The van der Waals surface area contributed by atoms with Gasteiger partial charge in [-0.15, -0.1) is 0 Å². The van der Waals surface area contributed by atoms with Crippen LogP contribution in [0.15, 0.2) is 30.6 Å². The van der Waals surface area contributed by atoms with Gasteiger partial charge in [0.2, 0.25) is 0 Å². The first-order valence-corrected chi connectivity index (χ1v) is 5.15. The van der Waals surface area contributed by atoms with Crippen LogP contribution in [-0.4, -0.2) is 15.1 Å². The van der Waals surface area contributed by atoms with Gasteiger partial charge in [-0.3, -0.25) is 0 Å². The van der Waals surface area contributed by atoms with Crippen molar-refractivity contribution in [1.82, 2.24) is 9.97 Å². The minimum Gasteiger partial charge on any atom is -0.508 e. The molecule has 0 aliphatic heterocycles. The lowest BCUT2D eigenvalue weighted by Crippen LogP contribution is -2.05. The standard InChI is InChI=1S/C12H12FN3O/c1-8-11(13)12(16-7-15-8)14-6-9-2-4-10(17)5-3-9/h2-5,7,17H,6H2,1H3,(H,14,15,16). The van der Waals surface area contributed by atoms with Crippen molar-refractivity contribution >= 4 is 5.82 Å². The van der Waals surface area contributed by atoms with Crippen LogP contribution in [0, 0.1) is 12.7 Å². The van der Waals surface area contributed by atoms with E-state index in [0.717, 1.165) is 5.56 Å². The van der Waals surface area contributed by atoms with E-state index in [4.69, 9.17) is 5.11 Å². The number of aromatic hydroxyl groups is 1. The Morgan fingerprint density at radius 2 is 1.94 bits per heavy atom. The summed E-state index contributed by atoms with van der Waals surface area (Å²) in [5.41, 5.74) is 1.24. The molecule has 0 bridgehead atoms. The smallest absolute Gasteiger partial charge is 0.186 e. The zero-order valence-electron chi connectivity index (χ0n) is 9.31. The van der Waals surface area contributed by atoms with E-state index in [-0.39, 0.29) is 11.6 Å². The summed E-state index contributed by atoms with van der Waals surface area (Å²) >= 11 is 0. The molecule has 2 aromatic rings. The van der Waals surface area contributed by atoms with Gasteiger partial charge in [0.05, 0.1) is 5.69 Å². The fourth-order valence-electron chi connectivity index (χ4n) is 1.38. The molecule has 0 amide bonds. The molecule has 88 valence electrons. The summed E-state index contributed by atoms with van der Waals surface area (Å²) in [6, 6.07) is 6.68. The first kappa shape index (κ1) is 11.3. The van der Waals surface area contributed by atoms with Crippen molar-refractivity contribution in [3.05, 3.63) is 47.7 Å². The van der Waals surface area contributed by atoms with E-state index >= 15 is 0 Å². The van der Waals surface area contributed by atoms with E-state index < -0.39 is 5.82 Å². The van der Waals surface area contributed by atoms with Crippen molar-refractivity contribution < 1.29 is 9.50 Å². The van der Waals surface area contributed by atoms with Crippen LogP contribution in [0.1, 0.15) is 11.3 Å². The Morgan fingerprint density at radius 3 is 2.65 bits per heavy atom. The van der Waals surface area contributed by atoms with Gasteiger partial charge in [0.1, 0.15) is 12.1 Å². The van der Waals surface area contributed by atoms with Crippen molar-refractivity contribution in [2.45, 2.75) is 13.5 Å². The van der Waals surface area contributed by atoms with Gasteiger partial charge in [-0.05, 0) is 24.6 Å². The van der Waals surface area contributed by atoms with E-state index in [2.05, 4.69) is 15.3 Å². The highest BCUT2D eigenvalue weighted by Gasteiger charge is 2.06. The average molecular weight is 233 g/mol. The van der Waals surface area contributed by atoms with Crippen molar-refractivity contribution in [2.75, 3.05) is 5.32 Å². The highest BCUT2D eigenvalue weighted by Crippen LogP contribution is 2.14. The Hall–Kier alpha value is -2.17. The van der Waals surface area contributed by atoms with E-state index in [1.807, 2.05) is 0 Å². The third-order valence-electron chi connectivity index (χ3n) is 2.36. The number of rotatable bonds is 3. The lowest BCUT2D eigenvalue weighted by atomic mass is 10.2. The summed E-state index contributed by atoms with van der Waals surface area (Å²) < 4.78 is 13.5. The molecule has 0 spiro atoms. The van der Waals surface area contributed by atoms with Gasteiger partial charge >= 0.3 is 0 Å². The largest absolute Gasteiger partial charge is 0.508 e. The number of phenolic OH excluding ortho intramolecular Hbond substituents is 1. The third kappa shape index (κ3) is 2.69. The lowest BCUT2D eigenvalue weighted by Gasteiger charge is -2.07. The number of aromatic nitrogens is 2. The van der Waals surface area contributed by atoms with Crippen LogP contribution in [0.25, 0.3) is 0 Å². The number of anilines is 1. The Labute approximate surface area is 98.2 Å². The van der Waals surface area contributed by atoms with E-state index in [9.17, 15) is 4.39 Å². The molecule has 0 aliphatic carbocycles. The van der Waals surface area contributed by atoms with Gasteiger partial charge in [-0.1, -0.05) is 12.1 Å². The van der Waals surface area contributed by atoms with Crippen molar-refractivity contribution in [3.63, 3.8) is 0 Å². The molecule has 2 N–H and O–H groups in total. The predicted octanol–water partition coefficient (Wildman–Crippen LogP) is 2.24. The predicted molar refractivity (Wildman–Crippen MR) is 62.2 cm³/mol. The monoisotopic (exact) mass is 233 g/mol. The van der Waals surface area contributed by atoms with Gasteiger partial charge in [-0.25, -0.2) is 14.4 Å². The van der Waals surface area contributed by atoms with Gasteiger partial charge in [0, 0.05) is 6.54 Å². The SMILES string of the molecule is Cc1ncnc(NCc2ccc(O)cc2)c1F. The Morgan fingerprint density at radius 1 is 1.24 bits per heavy atom. The molecule has 0 saturated carbocycles. The number of hydrogen-bond acceptors (Lipinski definition) is 4. The zero-order valence-corrected chi connectivity index (χ0v) is 9.31. The first-order valence-electron chi connectivity index (χ1n) is 5.15. The molecule has 0 atom stereocenters. The van der Waals surface area contributed by atoms with Gasteiger partial charge in [0.25, 0.3) is 0 Å². The summed E-state index contributed by atoms with van der Waals surface area (Å²) in [5, 5.41) is 12.0. The maximum atomic E-state index is 13.5. The van der Waals surface area contributed by atoms with Crippen LogP contribution in [0.5, 0.6) is 5.75 Å². The molecule has 0 fully saturated rings. The van der Waals surface area contributed by atoms with Gasteiger partial charge in [-0.2, -0.15) is 0 Å². The quantitative estimate of drug-likeness (QED) is 0.853. The number of benzene rings is 1. The Bertz CT molecular complexity index is 514. The molecule has 0 unspecified atom stereocenters. The van der Waals surface area contributed by atoms with E-state index in [1.165, 1.54) is 6.33 Å². The molecule has 1 heterocycles. The molecule has 0 aliphatic rings. The third-order valence-corrected chi connectivity index (χ3v) is 2.36. The summed E-state index contributed by atoms with van der Waals surface area (Å²) in [4.78, 5) is 7.57. The molecule has 5 heteroatoms. The second-order valence-corrected chi connectivity index (χ2v) is 3.64. The maximum absolute atomic E-state index is 13.5. The molecular formula is C12H12FN3O. The first-order chi connectivity index (χ1) is 8.16. The van der Waals surface area contributed by atoms with E-state index in [1.54, 1.807) is 31.2 Å². The summed E-state index contributed by atoms with van der Waals surface area (Å²) in [5.74, 6) is -0.0466. The molecule has 0 radical (unpaired) electrons. The molecular weight excluding hydrogens is 221 g/mol. The number of halogens is 1. The van der Waals surface area contributed by atoms with Gasteiger partial charge < -0.3 is 10.4 Å². The topological polar surface area (TPSA) is 58.0 Å². The van der Waals surface area contributed by atoms with Crippen molar-refractivity contribution in [2.24, 2.45) is 0 Å². The number of nitrogens with one attached hydrogen (secondary N) is 1. The van der Waals surface area contributed by atoms with Crippen LogP contribution in [0.3, 0.4) is 0 Å². The number of phenols is 1. The van der Waals surface area contributed by atoms with Crippen molar-refractivity contribution in [3.8, 4) is 5.75 Å². The molecule has 17 heavy (non-hydrogen) atoms. The summed E-state index contributed by atoms with van der Waals surface area (Å²) in [6.07, 6.45) is 1.32. The van der Waals surface area contributed by atoms with Gasteiger partial charge in [0.15, 0.2) is 11.6 Å². The summed E-state index contributed by atoms with van der Waals surface area (Å²) in [6.45, 7) is 2.02. The van der Waals surface area contributed by atoms with E-state index in [0.29, 0.717) is 12.2 Å². The second kappa shape index (κ2) is 4.78. The Balaban J connectivity index is 2.07. The molecule has 1 aromatic heterocycles. The van der Waals surface area contributed by atoms with Crippen LogP contribution >= 0.6 is 0 Å². The highest BCUT2D eigenvalue weighted by atomic mass is 19.1. The molecule has 1 aromatic carbocycles. The van der Waals surface area contributed by atoms with Crippen LogP contribution in [0.2, 0.25) is 0 Å². The fourth-order valence-corrected chi connectivity index (χ4v) is 1.38. The van der Waals surface area contributed by atoms with Crippen LogP contribution < -0.4 is 5.32 Å². The normalized spacial score (nSPS) is 10.2. The fraction of sp³-hybridized carbons (Fsp3) is 0.167. The van der Waals surface area contributed by atoms with Crippen LogP contribution in [-0.2, 0) is 6.54 Å². The molecule has 2 rings (SSSR count). The minimum absolute atomic E-state index is 0.186. The summed E-state index contributed by atoms with van der Waals surface area (Å²) in [7, 11) is 0. The molecule has 4 nitrogen and oxygen atoms in total. The lowest BCUT2D eigenvalue weighted by molar-refractivity contribution is 0.475. The Kier molecular flexibility index (Phi) is 3.18. The number of nitrogens with zero attached hydrogens (tertiary/aromatic N) is 2. The highest BCUT2D eigenvalue weighted by molar-refractivity contribution is 5.38.